The number of fused-ring (bicyclic) bond motifs is 1. The summed E-state index contributed by atoms with van der Waals surface area (Å²) in [5.74, 6) is 2.06. The topological polar surface area (TPSA) is 87.9 Å². The van der Waals surface area contributed by atoms with Crippen molar-refractivity contribution < 1.29 is 23.7 Å². The monoisotopic (exact) mass is 558 g/mol. The van der Waals surface area contributed by atoms with Gasteiger partial charge in [-0.15, -0.1) is 0 Å². The molecule has 9 heteroatoms. The van der Waals surface area contributed by atoms with Crippen molar-refractivity contribution in [2.75, 3.05) is 34.5 Å². The molecule has 0 N–H and O–H groups in total. The molecule has 3 heterocycles. The van der Waals surface area contributed by atoms with Crippen molar-refractivity contribution in [1.82, 2.24) is 19.7 Å². The number of nitrogens with zero attached hydrogens (tertiary/aromatic N) is 4. The first kappa shape index (κ1) is 28.4. The van der Waals surface area contributed by atoms with Crippen molar-refractivity contribution in [2.24, 2.45) is 0 Å². The molecular formula is C32H38N4O5. The van der Waals surface area contributed by atoms with E-state index in [4.69, 9.17) is 23.9 Å². The molecule has 1 atom stereocenters. The molecule has 0 spiro atoms. The van der Waals surface area contributed by atoms with Gasteiger partial charge in [0.15, 0.2) is 0 Å². The minimum atomic E-state index is 0.00499. The summed E-state index contributed by atoms with van der Waals surface area (Å²) in [6.45, 7) is 6.07. The number of para-hydroxylation sites is 1. The number of pyridine rings is 1. The van der Waals surface area contributed by atoms with E-state index in [0.717, 1.165) is 53.0 Å². The van der Waals surface area contributed by atoms with E-state index in [1.807, 2.05) is 65.9 Å². The maximum Gasteiger partial charge on any atom is 0.224 e. The smallest absolute Gasteiger partial charge is 0.224 e. The summed E-state index contributed by atoms with van der Waals surface area (Å²) in [7, 11) is 4.92. The molecule has 4 aromatic rings. The molecule has 0 unspecified atom stereocenters. The molecule has 2 aromatic heterocycles. The van der Waals surface area contributed by atoms with Crippen molar-refractivity contribution in [3.63, 3.8) is 0 Å². The minimum absolute atomic E-state index is 0.00499. The lowest BCUT2D eigenvalue weighted by atomic mass is 10.0. The van der Waals surface area contributed by atoms with Crippen LogP contribution in [0, 0.1) is 13.8 Å². The van der Waals surface area contributed by atoms with Crippen molar-refractivity contribution in [1.29, 1.82) is 0 Å². The molecule has 1 fully saturated rings. The molecule has 216 valence electrons. The van der Waals surface area contributed by atoms with E-state index in [2.05, 4.69) is 11.2 Å². The second kappa shape index (κ2) is 12.6. The number of hydrogen-bond acceptors (Lipinski definition) is 7. The Morgan fingerprint density at radius 1 is 1.02 bits per heavy atom. The van der Waals surface area contributed by atoms with Gasteiger partial charge in [0.25, 0.3) is 0 Å². The lowest BCUT2D eigenvalue weighted by Crippen LogP contribution is -2.37. The van der Waals surface area contributed by atoms with Crippen LogP contribution in [-0.2, 0) is 22.6 Å². The first-order valence-electron chi connectivity index (χ1n) is 14.0. The number of aromatic nitrogens is 3. The van der Waals surface area contributed by atoms with Gasteiger partial charge in [0, 0.05) is 49.3 Å². The predicted octanol–water partition coefficient (Wildman–Crippen LogP) is 5.34. The molecule has 1 aliphatic rings. The summed E-state index contributed by atoms with van der Waals surface area (Å²) in [5.41, 5.74) is 5.11. The highest BCUT2D eigenvalue weighted by molar-refractivity contribution is 5.93. The van der Waals surface area contributed by atoms with Crippen LogP contribution in [0.15, 0.2) is 48.5 Å². The molecule has 0 bridgehead atoms. The van der Waals surface area contributed by atoms with Crippen LogP contribution in [0.5, 0.6) is 17.2 Å². The summed E-state index contributed by atoms with van der Waals surface area (Å²) >= 11 is 0. The van der Waals surface area contributed by atoms with Crippen LogP contribution < -0.4 is 14.2 Å². The Hall–Kier alpha value is -4.11. The van der Waals surface area contributed by atoms with E-state index in [9.17, 15) is 4.79 Å². The number of carbonyl (C=O) groups is 1. The summed E-state index contributed by atoms with van der Waals surface area (Å²) in [6, 6.07) is 15.6. The maximum atomic E-state index is 13.8. The fourth-order valence-electron chi connectivity index (χ4n) is 5.54. The lowest BCUT2D eigenvalue weighted by Gasteiger charge is -2.27. The van der Waals surface area contributed by atoms with Crippen molar-refractivity contribution in [3.8, 4) is 28.5 Å². The average molecular weight is 559 g/mol. The van der Waals surface area contributed by atoms with Gasteiger partial charge < -0.3 is 23.8 Å². The number of rotatable bonds is 11. The second-order valence-corrected chi connectivity index (χ2v) is 10.4. The van der Waals surface area contributed by atoms with E-state index < -0.39 is 0 Å². The molecule has 5 rings (SSSR count). The Morgan fingerprint density at radius 2 is 1.78 bits per heavy atom. The first-order valence-corrected chi connectivity index (χ1v) is 14.0. The molecule has 9 nitrogen and oxygen atoms in total. The normalized spacial score (nSPS) is 14.8. The van der Waals surface area contributed by atoms with Crippen LogP contribution in [0.4, 0.5) is 0 Å². The fraction of sp³-hybridized carbons (Fsp3) is 0.406. The van der Waals surface area contributed by atoms with Gasteiger partial charge in [0.1, 0.15) is 22.8 Å². The molecule has 0 aliphatic carbocycles. The van der Waals surface area contributed by atoms with Crippen LogP contribution in [0.3, 0.4) is 0 Å². The predicted molar refractivity (Wildman–Crippen MR) is 158 cm³/mol. The van der Waals surface area contributed by atoms with E-state index in [0.29, 0.717) is 48.8 Å². The largest absolute Gasteiger partial charge is 0.496 e. The van der Waals surface area contributed by atoms with Gasteiger partial charge in [-0.05, 0) is 68.7 Å². The number of carbonyl (C=O) groups excluding carboxylic acids is 1. The van der Waals surface area contributed by atoms with E-state index in [1.165, 1.54) is 0 Å². The SMILES string of the molecule is COc1ccccc1-c1nc2c(OC)ccc(OC)c2cc1CN(C[C@@H]1CCCO1)C(=O)CCn1nc(C)cc1C. The van der Waals surface area contributed by atoms with Gasteiger partial charge in [-0.25, -0.2) is 4.98 Å². The Kier molecular flexibility index (Phi) is 8.73. The van der Waals surface area contributed by atoms with Gasteiger partial charge in [-0.2, -0.15) is 5.10 Å². The highest BCUT2D eigenvalue weighted by Crippen LogP contribution is 2.38. The zero-order chi connectivity index (χ0) is 28.9. The van der Waals surface area contributed by atoms with E-state index in [-0.39, 0.29) is 12.0 Å². The maximum absolute atomic E-state index is 13.8. The zero-order valence-corrected chi connectivity index (χ0v) is 24.5. The second-order valence-electron chi connectivity index (χ2n) is 10.4. The van der Waals surface area contributed by atoms with Crippen LogP contribution in [0.2, 0.25) is 0 Å². The number of hydrogen-bond donors (Lipinski definition) is 0. The Bertz CT molecular complexity index is 1530. The molecule has 0 saturated carbocycles. The third-order valence-electron chi connectivity index (χ3n) is 7.59. The number of amides is 1. The summed E-state index contributed by atoms with van der Waals surface area (Å²) in [4.78, 5) is 20.8. The van der Waals surface area contributed by atoms with Crippen LogP contribution in [-0.4, -0.2) is 66.2 Å². The van der Waals surface area contributed by atoms with Crippen LogP contribution in [0.25, 0.3) is 22.2 Å². The molecule has 41 heavy (non-hydrogen) atoms. The minimum Gasteiger partial charge on any atom is -0.496 e. The average Bonchev–Trinajstić information content (AvgIpc) is 3.62. The van der Waals surface area contributed by atoms with Crippen molar-refractivity contribution >= 4 is 16.8 Å². The van der Waals surface area contributed by atoms with E-state index in [1.54, 1.807) is 21.3 Å². The van der Waals surface area contributed by atoms with Gasteiger partial charge in [0.2, 0.25) is 5.91 Å². The van der Waals surface area contributed by atoms with Gasteiger partial charge in [0.05, 0.1) is 38.8 Å². The third-order valence-corrected chi connectivity index (χ3v) is 7.59. The quantitative estimate of drug-likeness (QED) is 0.246. The lowest BCUT2D eigenvalue weighted by molar-refractivity contribution is -0.133. The number of benzene rings is 2. The standard InChI is InChI=1S/C32H38N4O5/c1-21-17-22(2)36(34-21)15-14-30(37)35(20-24-9-8-16-41-24)19-23-18-26-28(39-4)12-13-29(40-5)32(26)33-31(23)25-10-6-7-11-27(25)38-3/h6-7,10-13,17-18,24H,8-9,14-16,19-20H2,1-5H3/t24-/m0/s1. The summed E-state index contributed by atoms with van der Waals surface area (Å²) < 4.78 is 25.0. The number of methoxy groups -OCH3 is 3. The molecular weight excluding hydrogens is 520 g/mol. The molecule has 1 amide bonds. The highest BCUT2D eigenvalue weighted by Gasteiger charge is 2.26. The zero-order valence-electron chi connectivity index (χ0n) is 24.5. The molecule has 1 aliphatic heterocycles. The third kappa shape index (κ3) is 6.15. The molecule has 1 saturated heterocycles. The summed E-state index contributed by atoms with van der Waals surface area (Å²) in [5, 5.41) is 5.36. The van der Waals surface area contributed by atoms with Crippen molar-refractivity contribution in [3.05, 3.63) is 65.5 Å². The van der Waals surface area contributed by atoms with Crippen LogP contribution in [0.1, 0.15) is 36.2 Å². The van der Waals surface area contributed by atoms with Crippen molar-refractivity contribution in [2.45, 2.75) is 52.3 Å². The Morgan fingerprint density at radius 3 is 2.46 bits per heavy atom. The fourth-order valence-corrected chi connectivity index (χ4v) is 5.54. The Balaban J connectivity index is 1.58. The Labute approximate surface area is 241 Å². The van der Waals surface area contributed by atoms with Crippen LogP contribution >= 0.6 is 0 Å². The highest BCUT2D eigenvalue weighted by atomic mass is 16.5. The van der Waals surface area contributed by atoms with Gasteiger partial charge in [-0.1, -0.05) is 12.1 Å². The summed E-state index contributed by atoms with van der Waals surface area (Å²) in [6.07, 6.45) is 2.27. The molecule has 2 aromatic carbocycles. The first-order chi connectivity index (χ1) is 19.9. The number of aryl methyl sites for hydroxylation is 3. The van der Waals surface area contributed by atoms with Gasteiger partial charge in [-0.3, -0.25) is 9.48 Å². The van der Waals surface area contributed by atoms with Gasteiger partial charge >= 0.3 is 0 Å². The van der Waals surface area contributed by atoms with E-state index >= 15 is 0 Å². The molecule has 0 radical (unpaired) electrons. The number of ether oxygens (including phenoxy) is 4.